The van der Waals surface area contributed by atoms with Crippen LogP contribution in [-0.2, 0) is 0 Å². The summed E-state index contributed by atoms with van der Waals surface area (Å²) in [7, 11) is 0. The maximum absolute atomic E-state index is 11.9. The topological polar surface area (TPSA) is 17.1 Å². The van der Waals surface area contributed by atoms with E-state index in [0.717, 1.165) is 5.56 Å². The predicted octanol–water partition coefficient (Wildman–Crippen LogP) is 2.99. The molecule has 0 heterocycles. The van der Waals surface area contributed by atoms with Crippen LogP contribution in [0.2, 0.25) is 14.3 Å². The van der Waals surface area contributed by atoms with Gasteiger partial charge in [-0.25, -0.2) is 0 Å². The third-order valence-corrected chi connectivity index (χ3v) is 7.04. The van der Waals surface area contributed by atoms with Crippen LogP contribution in [0.15, 0.2) is 30.3 Å². The fourth-order valence-electron chi connectivity index (χ4n) is 1.70. The van der Waals surface area contributed by atoms with E-state index >= 15 is 0 Å². The molecule has 2 heteroatoms. The van der Waals surface area contributed by atoms with E-state index in [9.17, 15) is 4.79 Å². The van der Waals surface area contributed by atoms with Gasteiger partial charge in [-0.05, 0) is 0 Å². The molecular formula is C12H18OSn. The summed E-state index contributed by atoms with van der Waals surface area (Å²) in [6.07, 6.45) is 0. The SMILES string of the molecule is CC([CH2][SnH]([CH3])[CH3])C(=O)c1ccccc1. The molecule has 1 unspecified atom stereocenters. The summed E-state index contributed by atoms with van der Waals surface area (Å²) in [5.74, 6) is 0.546. The van der Waals surface area contributed by atoms with Gasteiger partial charge in [0.25, 0.3) is 0 Å². The van der Waals surface area contributed by atoms with Crippen LogP contribution >= 0.6 is 0 Å². The molecule has 0 bridgehead atoms. The summed E-state index contributed by atoms with van der Waals surface area (Å²) >= 11 is -1.25. The zero-order chi connectivity index (χ0) is 10.6. The minimum absolute atomic E-state index is 0.230. The van der Waals surface area contributed by atoms with E-state index < -0.39 is 19.8 Å². The Morgan fingerprint density at radius 3 is 2.36 bits per heavy atom. The minimum atomic E-state index is -1.25. The normalized spacial score (nSPS) is 12.9. The maximum atomic E-state index is 11.9. The standard InChI is InChI=1S/C10H11O.2CH3.Sn.H/c1-8(2)10(11)9-6-4-3-5-7-9;;;;/h3-8H,1H2,2H3;2*1H3;;. The average molecular weight is 297 g/mol. The Labute approximate surface area is 93.3 Å². The Morgan fingerprint density at radius 1 is 1.29 bits per heavy atom. The molecule has 1 nitrogen and oxygen atoms in total. The van der Waals surface area contributed by atoms with Gasteiger partial charge in [-0.15, -0.1) is 0 Å². The van der Waals surface area contributed by atoms with Gasteiger partial charge in [0.1, 0.15) is 0 Å². The predicted molar refractivity (Wildman–Crippen MR) is 63.6 cm³/mol. The van der Waals surface area contributed by atoms with Crippen LogP contribution in [0.3, 0.4) is 0 Å². The van der Waals surface area contributed by atoms with Crippen molar-refractivity contribution in [3.8, 4) is 0 Å². The van der Waals surface area contributed by atoms with Crippen molar-refractivity contribution in [2.24, 2.45) is 5.92 Å². The molecule has 0 spiro atoms. The van der Waals surface area contributed by atoms with Crippen molar-refractivity contribution >= 4 is 25.5 Å². The molecule has 0 amide bonds. The van der Waals surface area contributed by atoms with Crippen LogP contribution in [0, 0.1) is 5.92 Å². The Morgan fingerprint density at radius 2 is 1.86 bits per heavy atom. The zero-order valence-corrected chi connectivity index (χ0v) is 12.5. The van der Waals surface area contributed by atoms with E-state index in [0.29, 0.717) is 5.78 Å². The molecule has 0 radical (unpaired) electrons. The van der Waals surface area contributed by atoms with Crippen molar-refractivity contribution in [1.82, 2.24) is 0 Å². The number of benzene rings is 1. The van der Waals surface area contributed by atoms with E-state index in [1.165, 1.54) is 4.44 Å². The monoisotopic (exact) mass is 298 g/mol. The van der Waals surface area contributed by atoms with Crippen LogP contribution in [0.5, 0.6) is 0 Å². The van der Waals surface area contributed by atoms with Crippen LogP contribution in [0.1, 0.15) is 17.3 Å². The molecule has 0 aromatic heterocycles. The number of carbonyl (C=O) groups is 1. The first kappa shape index (κ1) is 11.8. The number of hydrogen-bond acceptors (Lipinski definition) is 1. The van der Waals surface area contributed by atoms with Gasteiger partial charge in [0.05, 0.1) is 0 Å². The molecule has 1 aromatic rings. The number of Topliss-reactive ketones (excluding diaryl/α,β-unsaturated/α-hetero) is 1. The third kappa shape index (κ3) is 3.44. The van der Waals surface area contributed by atoms with Gasteiger partial charge in [0.15, 0.2) is 0 Å². The fraction of sp³-hybridized carbons (Fsp3) is 0.417. The zero-order valence-electron chi connectivity index (χ0n) is 9.16. The molecule has 0 fully saturated rings. The van der Waals surface area contributed by atoms with E-state index in [1.807, 2.05) is 30.3 Å². The van der Waals surface area contributed by atoms with Gasteiger partial charge in [0, 0.05) is 0 Å². The Hall–Kier alpha value is -0.311. The molecule has 0 aliphatic carbocycles. The van der Waals surface area contributed by atoms with Crippen molar-refractivity contribution in [2.45, 2.75) is 21.2 Å². The van der Waals surface area contributed by atoms with Crippen molar-refractivity contribution in [1.29, 1.82) is 0 Å². The van der Waals surface area contributed by atoms with Crippen molar-refractivity contribution in [3.63, 3.8) is 0 Å². The molecule has 0 aliphatic rings. The number of ketones is 1. The number of carbonyl (C=O) groups excluding carboxylic acids is 1. The van der Waals surface area contributed by atoms with E-state index in [4.69, 9.17) is 0 Å². The van der Waals surface area contributed by atoms with Crippen LogP contribution < -0.4 is 0 Å². The first-order valence-electron chi connectivity index (χ1n) is 5.20. The van der Waals surface area contributed by atoms with Gasteiger partial charge >= 0.3 is 93.4 Å². The van der Waals surface area contributed by atoms with E-state index in [1.54, 1.807) is 0 Å². The first-order valence-corrected chi connectivity index (χ1v) is 14.1. The molecule has 1 aromatic carbocycles. The summed E-state index contributed by atoms with van der Waals surface area (Å²) in [6.45, 7) is 2.06. The van der Waals surface area contributed by atoms with Crippen LogP contribution in [0.25, 0.3) is 0 Å². The molecule has 0 aliphatic heterocycles. The Bertz CT molecular complexity index is 292. The second-order valence-corrected chi connectivity index (χ2v) is 13.6. The van der Waals surface area contributed by atoms with Crippen molar-refractivity contribution < 1.29 is 4.79 Å². The molecule has 0 N–H and O–H groups in total. The van der Waals surface area contributed by atoms with Crippen LogP contribution in [0.4, 0.5) is 0 Å². The molecule has 76 valence electrons. The van der Waals surface area contributed by atoms with Gasteiger partial charge in [-0.2, -0.15) is 0 Å². The summed E-state index contributed by atoms with van der Waals surface area (Å²) in [5, 5.41) is 0. The van der Waals surface area contributed by atoms with Crippen molar-refractivity contribution in [2.75, 3.05) is 0 Å². The Kier molecular flexibility index (Phi) is 4.65. The molecule has 1 atom stereocenters. The van der Waals surface area contributed by atoms with Gasteiger partial charge in [0.2, 0.25) is 0 Å². The summed E-state index contributed by atoms with van der Waals surface area (Å²) in [6, 6.07) is 9.63. The molecule has 0 saturated carbocycles. The van der Waals surface area contributed by atoms with Crippen molar-refractivity contribution in [3.05, 3.63) is 35.9 Å². The average Bonchev–Trinajstić information content (AvgIpc) is 2.17. The second-order valence-electron chi connectivity index (χ2n) is 4.26. The number of rotatable bonds is 4. The van der Waals surface area contributed by atoms with Gasteiger partial charge < -0.3 is 0 Å². The van der Waals surface area contributed by atoms with Crippen LogP contribution in [-0.4, -0.2) is 25.5 Å². The second kappa shape index (κ2) is 5.54. The summed E-state index contributed by atoms with van der Waals surface area (Å²) < 4.78 is 1.18. The molecule has 1 rings (SSSR count). The Balaban J connectivity index is 2.66. The first-order chi connectivity index (χ1) is 6.61. The number of hydrogen-bond donors (Lipinski definition) is 0. The molecule has 0 saturated heterocycles. The van der Waals surface area contributed by atoms with E-state index in [2.05, 4.69) is 16.8 Å². The molecule has 14 heavy (non-hydrogen) atoms. The summed E-state index contributed by atoms with van der Waals surface area (Å²) in [4.78, 5) is 16.6. The third-order valence-electron chi connectivity index (χ3n) is 2.33. The molecular weight excluding hydrogens is 279 g/mol. The summed E-state index contributed by atoms with van der Waals surface area (Å²) in [5.41, 5.74) is 0.868. The fourth-order valence-corrected chi connectivity index (χ4v) is 6.35. The van der Waals surface area contributed by atoms with Gasteiger partial charge in [-0.3, -0.25) is 0 Å². The quantitative estimate of drug-likeness (QED) is 0.617. The van der Waals surface area contributed by atoms with Gasteiger partial charge in [-0.1, -0.05) is 0 Å². The van der Waals surface area contributed by atoms with E-state index in [-0.39, 0.29) is 5.92 Å².